The summed E-state index contributed by atoms with van der Waals surface area (Å²) in [5.74, 6) is -1.38. The van der Waals surface area contributed by atoms with Gasteiger partial charge >= 0.3 is 12.0 Å². The Hall–Kier alpha value is -1.35. The summed E-state index contributed by atoms with van der Waals surface area (Å²) < 4.78 is 21.5. The molecule has 8 nitrogen and oxygen atoms in total. The largest absolute Gasteiger partial charge is 0.480 e. The maximum absolute atomic E-state index is 11.3. The van der Waals surface area contributed by atoms with Crippen LogP contribution in [-0.2, 0) is 14.6 Å². The monoisotopic (exact) mass is 282 g/mol. The molecule has 0 rings (SSSR count). The number of carboxylic acids is 1. The first-order valence-electron chi connectivity index (χ1n) is 5.09. The van der Waals surface area contributed by atoms with Crippen LogP contribution in [0.4, 0.5) is 4.79 Å². The standard InChI is InChI=1S/C9H18N2O6S/c1-9(2,18(3,16)17)5-10-8(15)11-6(4-12)7(13)14/h6,12H,4-5H2,1-3H3,(H,13,14)(H2,10,11,15)/t6-/m1/s1. The fraction of sp³-hybridized carbons (Fsp3) is 0.778. The van der Waals surface area contributed by atoms with E-state index < -0.39 is 39.2 Å². The lowest BCUT2D eigenvalue weighted by Gasteiger charge is -2.23. The Morgan fingerprint density at radius 3 is 2.17 bits per heavy atom. The summed E-state index contributed by atoms with van der Waals surface area (Å²) in [5, 5.41) is 21.5. The maximum atomic E-state index is 11.3. The van der Waals surface area contributed by atoms with Crippen molar-refractivity contribution in [1.29, 1.82) is 0 Å². The molecular weight excluding hydrogens is 264 g/mol. The van der Waals surface area contributed by atoms with Gasteiger partial charge in [0.15, 0.2) is 15.9 Å². The number of sulfone groups is 1. The van der Waals surface area contributed by atoms with Gasteiger partial charge in [0, 0.05) is 12.8 Å². The van der Waals surface area contributed by atoms with Crippen LogP contribution in [-0.4, -0.2) is 60.8 Å². The van der Waals surface area contributed by atoms with Crippen LogP contribution in [0.2, 0.25) is 0 Å². The van der Waals surface area contributed by atoms with E-state index in [4.69, 9.17) is 10.2 Å². The number of hydrogen-bond acceptors (Lipinski definition) is 5. The molecular formula is C9H18N2O6S. The lowest BCUT2D eigenvalue weighted by Crippen LogP contribution is -2.51. The van der Waals surface area contributed by atoms with Crippen LogP contribution in [0.25, 0.3) is 0 Å². The Labute approximate surface area is 105 Å². The summed E-state index contributed by atoms with van der Waals surface area (Å²) in [6.07, 6.45) is 1.04. The van der Waals surface area contributed by atoms with E-state index in [9.17, 15) is 18.0 Å². The van der Waals surface area contributed by atoms with Crippen molar-refractivity contribution in [1.82, 2.24) is 10.6 Å². The highest BCUT2D eigenvalue weighted by Crippen LogP contribution is 2.13. The number of carboxylic acid groups (broad SMARTS) is 1. The van der Waals surface area contributed by atoms with Gasteiger partial charge in [-0.3, -0.25) is 0 Å². The predicted octanol–water partition coefficient (Wildman–Crippen LogP) is -1.45. The number of amides is 2. The van der Waals surface area contributed by atoms with Crippen molar-refractivity contribution in [2.45, 2.75) is 24.6 Å². The number of aliphatic hydroxyl groups is 1. The minimum atomic E-state index is -3.36. The molecule has 9 heteroatoms. The molecule has 0 aromatic carbocycles. The van der Waals surface area contributed by atoms with Gasteiger partial charge in [-0.25, -0.2) is 18.0 Å². The lowest BCUT2D eigenvalue weighted by atomic mass is 10.2. The zero-order valence-electron chi connectivity index (χ0n) is 10.4. The highest BCUT2D eigenvalue weighted by molar-refractivity contribution is 7.92. The molecule has 0 aromatic heterocycles. The Balaban J connectivity index is 4.41. The van der Waals surface area contributed by atoms with E-state index in [0.717, 1.165) is 6.26 Å². The number of aliphatic hydroxyl groups excluding tert-OH is 1. The Morgan fingerprint density at radius 2 is 1.83 bits per heavy atom. The molecule has 106 valence electrons. The summed E-state index contributed by atoms with van der Waals surface area (Å²) in [6.45, 7) is 1.94. The van der Waals surface area contributed by atoms with Crippen molar-refractivity contribution in [2.24, 2.45) is 0 Å². The molecule has 0 saturated carbocycles. The summed E-state index contributed by atoms with van der Waals surface area (Å²) >= 11 is 0. The number of rotatable bonds is 6. The van der Waals surface area contributed by atoms with Crippen molar-refractivity contribution < 1.29 is 28.2 Å². The molecule has 0 aromatic rings. The first-order chi connectivity index (χ1) is 8.01. The Morgan fingerprint density at radius 1 is 1.33 bits per heavy atom. The summed E-state index contributed by atoms with van der Waals surface area (Å²) in [4.78, 5) is 21.8. The van der Waals surface area contributed by atoms with Gasteiger partial charge in [0.25, 0.3) is 0 Å². The van der Waals surface area contributed by atoms with Crippen LogP contribution in [0.5, 0.6) is 0 Å². The average Bonchev–Trinajstić information content (AvgIpc) is 2.21. The van der Waals surface area contributed by atoms with Crippen molar-refractivity contribution in [3.05, 3.63) is 0 Å². The number of carbonyl (C=O) groups excluding carboxylic acids is 1. The third-order valence-electron chi connectivity index (χ3n) is 2.46. The molecule has 0 heterocycles. The van der Waals surface area contributed by atoms with Gasteiger partial charge in [-0.15, -0.1) is 0 Å². The molecule has 0 fully saturated rings. The number of aliphatic carboxylic acids is 1. The quantitative estimate of drug-likeness (QED) is 0.471. The van der Waals surface area contributed by atoms with E-state index in [1.807, 2.05) is 5.32 Å². The van der Waals surface area contributed by atoms with Gasteiger partial charge < -0.3 is 20.8 Å². The Bertz CT molecular complexity index is 417. The molecule has 0 spiro atoms. The highest BCUT2D eigenvalue weighted by Gasteiger charge is 2.31. The van der Waals surface area contributed by atoms with E-state index in [1.54, 1.807) is 0 Å². The fourth-order valence-corrected chi connectivity index (χ4v) is 1.15. The second kappa shape index (κ2) is 6.01. The smallest absolute Gasteiger partial charge is 0.328 e. The maximum Gasteiger partial charge on any atom is 0.328 e. The third-order valence-corrected chi connectivity index (χ3v) is 4.62. The van der Waals surface area contributed by atoms with Gasteiger partial charge in [0.05, 0.1) is 11.4 Å². The van der Waals surface area contributed by atoms with Crippen molar-refractivity contribution in [2.75, 3.05) is 19.4 Å². The van der Waals surface area contributed by atoms with Crippen LogP contribution < -0.4 is 10.6 Å². The summed E-state index contributed by atoms with van der Waals surface area (Å²) in [6, 6.07) is -2.28. The van der Waals surface area contributed by atoms with Crippen LogP contribution in [0, 0.1) is 0 Å². The topological polar surface area (TPSA) is 133 Å². The summed E-state index contributed by atoms with van der Waals surface area (Å²) in [5.41, 5.74) is 0. The molecule has 0 aliphatic carbocycles. The van der Waals surface area contributed by atoms with E-state index in [2.05, 4.69) is 5.32 Å². The predicted molar refractivity (Wildman–Crippen MR) is 64.0 cm³/mol. The second-order valence-electron chi connectivity index (χ2n) is 4.43. The van der Waals surface area contributed by atoms with Gasteiger partial charge in [-0.05, 0) is 13.8 Å². The number of urea groups is 1. The normalized spacial score (nSPS) is 13.8. The minimum Gasteiger partial charge on any atom is -0.480 e. The van der Waals surface area contributed by atoms with Gasteiger partial charge in [0.1, 0.15) is 0 Å². The summed E-state index contributed by atoms with van der Waals surface area (Å²) in [7, 11) is -3.36. The molecule has 1 atom stereocenters. The van der Waals surface area contributed by atoms with Crippen LogP contribution in [0.1, 0.15) is 13.8 Å². The first-order valence-corrected chi connectivity index (χ1v) is 6.98. The minimum absolute atomic E-state index is 0.171. The molecule has 4 N–H and O–H groups in total. The Kier molecular flexibility index (Phi) is 5.55. The number of nitrogens with one attached hydrogen (secondary N) is 2. The molecule has 0 unspecified atom stereocenters. The molecule has 18 heavy (non-hydrogen) atoms. The molecule has 0 radical (unpaired) electrons. The zero-order valence-corrected chi connectivity index (χ0v) is 11.2. The first kappa shape index (κ1) is 16.6. The fourth-order valence-electron chi connectivity index (χ4n) is 0.819. The molecule has 0 aliphatic heterocycles. The molecule has 2 amide bonds. The van der Waals surface area contributed by atoms with Gasteiger partial charge in [-0.2, -0.15) is 0 Å². The highest BCUT2D eigenvalue weighted by atomic mass is 32.2. The van der Waals surface area contributed by atoms with E-state index >= 15 is 0 Å². The van der Waals surface area contributed by atoms with Crippen LogP contribution >= 0.6 is 0 Å². The van der Waals surface area contributed by atoms with E-state index in [0.29, 0.717) is 0 Å². The van der Waals surface area contributed by atoms with Gasteiger partial charge in [0.2, 0.25) is 0 Å². The van der Waals surface area contributed by atoms with Crippen molar-refractivity contribution >= 4 is 21.8 Å². The molecule has 0 bridgehead atoms. The third kappa shape index (κ3) is 4.88. The van der Waals surface area contributed by atoms with E-state index in [-0.39, 0.29) is 6.54 Å². The van der Waals surface area contributed by atoms with Crippen molar-refractivity contribution in [3.63, 3.8) is 0 Å². The van der Waals surface area contributed by atoms with Crippen molar-refractivity contribution in [3.8, 4) is 0 Å². The molecule has 0 aliphatic rings. The van der Waals surface area contributed by atoms with Gasteiger partial charge in [-0.1, -0.05) is 0 Å². The lowest BCUT2D eigenvalue weighted by molar-refractivity contribution is -0.140. The van der Waals surface area contributed by atoms with E-state index in [1.165, 1.54) is 13.8 Å². The number of hydrogen-bond donors (Lipinski definition) is 4. The second-order valence-corrected chi connectivity index (χ2v) is 7.08. The van der Waals surface area contributed by atoms with Crippen LogP contribution in [0.3, 0.4) is 0 Å². The molecule has 0 saturated heterocycles. The number of carbonyl (C=O) groups is 2. The van der Waals surface area contributed by atoms with Crippen LogP contribution in [0.15, 0.2) is 0 Å². The zero-order chi connectivity index (χ0) is 14.6. The average molecular weight is 282 g/mol. The SMILES string of the molecule is CC(C)(CNC(=O)N[C@H](CO)C(=O)O)S(C)(=O)=O.